The Morgan fingerprint density at radius 3 is 2.76 bits per heavy atom. The minimum absolute atomic E-state index is 0.288. The maximum atomic E-state index is 14.1. The number of nitrogens with one attached hydrogen (secondary N) is 1. The molecule has 5 heteroatoms. The Hall–Kier alpha value is -2.07. The van der Waals surface area contributed by atoms with Gasteiger partial charge in [-0.2, -0.15) is 0 Å². The normalized spacial score (nSPS) is 20.5. The number of amides is 1. The summed E-state index contributed by atoms with van der Waals surface area (Å²) in [5, 5.41) is 3.14. The summed E-state index contributed by atoms with van der Waals surface area (Å²) in [7, 11) is 0. The van der Waals surface area contributed by atoms with Crippen molar-refractivity contribution >= 4 is 17.5 Å². The van der Waals surface area contributed by atoms with Crippen LogP contribution in [0.4, 0.5) is 4.39 Å². The number of halogens is 2. The monoisotopic (exact) mass is 305 g/mol. The Morgan fingerprint density at radius 2 is 2.00 bits per heavy atom. The van der Waals surface area contributed by atoms with Crippen LogP contribution in [0.2, 0.25) is 5.02 Å². The topological polar surface area (TPSA) is 38.3 Å². The Bertz CT molecular complexity index is 747. The van der Waals surface area contributed by atoms with Crippen molar-refractivity contribution in [2.24, 2.45) is 0 Å². The SMILES string of the molecule is Cc1ccc(F)c(C2(C)NC(=O)c3cc(Cl)ccc3O2)c1. The Kier molecular flexibility index (Phi) is 3.14. The molecule has 0 saturated heterocycles. The van der Waals surface area contributed by atoms with Crippen LogP contribution in [0.25, 0.3) is 0 Å². The first-order valence-electron chi connectivity index (χ1n) is 6.47. The number of ether oxygens (including phenoxy) is 1. The van der Waals surface area contributed by atoms with Crippen molar-refractivity contribution in [3.63, 3.8) is 0 Å². The highest BCUT2D eigenvalue weighted by molar-refractivity contribution is 6.31. The van der Waals surface area contributed by atoms with E-state index >= 15 is 0 Å². The molecule has 0 aliphatic carbocycles. The number of hydrogen-bond donors (Lipinski definition) is 1. The molecule has 1 heterocycles. The van der Waals surface area contributed by atoms with Gasteiger partial charge in [0.1, 0.15) is 11.6 Å². The van der Waals surface area contributed by atoms with E-state index in [9.17, 15) is 9.18 Å². The lowest BCUT2D eigenvalue weighted by Gasteiger charge is -2.36. The van der Waals surface area contributed by atoms with Crippen LogP contribution in [0.5, 0.6) is 5.75 Å². The van der Waals surface area contributed by atoms with Crippen LogP contribution < -0.4 is 10.1 Å². The first-order chi connectivity index (χ1) is 9.89. The summed E-state index contributed by atoms with van der Waals surface area (Å²) >= 11 is 5.88. The lowest BCUT2D eigenvalue weighted by molar-refractivity contribution is 0.0266. The van der Waals surface area contributed by atoms with Gasteiger partial charge in [-0.3, -0.25) is 4.79 Å². The minimum Gasteiger partial charge on any atom is -0.463 e. The van der Waals surface area contributed by atoms with Crippen LogP contribution in [0.1, 0.15) is 28.4 Å². The van der Waals surface area contributed by atoms with Crippen LogP contribution >= 0.6 is 11.6 Å². The molecule has 3 nitrogen and oxygen atoms in total. The van der Waals surface area contributed by atoms with Crippen molar-refractivity contribution in [1.82, 2.24) is 5.32 Å². The molecule has 1 atom stereocenters. The third-order valence-electron chi connectivity index (χ3n) is 3.49. The van der Waals surface area contributed by atoms with Gasteiger partial charge in [0.2, 0.25) is 5.72 Å². The highest BCUT2D eigenvalue weighted by Gasteiger charge is 2.39. The van der Waals surface area contributed by atoms with E-state index in [0.717, 1.165) is 5.56 Å². The molecule has 1 amide bonds. The lowest BCUT2D eigenvalue weighted by atomic mass is 9.98. The predicted molar refractivity (Wildman–Crippen MR) is 78.0 cm³/mol. The Morgan fingerprint density at radius 1 is 1.24 bits per heavy atom. The highest BCUT2D eigenvalue weighted by atomic mass is 35.5. The Balaban J connectivity index is 2.10. The summed E-state index contributed by atoms with van der Waals surface area (Å²) in [6.07, 6.45) is 0. The zero-order chi connectivity index (χ0) is 15.2. The summed E-state index contributed by atoms with van der Waals surface area (Å²) in [5.41, 5.74) is 0.255. The van der Waals surface area contributed by atoms with E-state index in [2.05, 4.69) is 5.32 Å². The molecule has 0 saturated carbocycles. The van der Waals surface area contributed by atoms with E-state index in [1.54, 1.807) is 31.2 Å². The van der Waals surface area contributed by atoms with Crippen molar-refractivity contribution in [3.05, 3.63) is 63.9 Å². The van der Waals surface area contributed by atoms with Gasteiger partial charge in [0.15, 0.2) is 0 Å². The number of fused-ring (bicyclic) bond motifs is 1. The molecule has 0 aromatic heterocycles. The zero-order valence-corrected chi connectivity index (χ0v) is 12.3. The van der Waals surface area contributed by atoms with Gasteiger partial charge in [0, 0.05) is 5.02 Å². The molecule has 1 aliphatic rings. The van der Waals surface area contributed by atoms with Gasteiger partial charge in [-0.05, 0) is 44.2 Å². The van der Waals surface area contributed by atoms with Crippen LogP contribution in [0, 0.1) is 12.7 Å². The highest BCUT2D eigenvalue weighted by Crippen LogP contribution is 2.35. The van der Waals surface area contributed by atoms with Crippen LogP contribution in [0.15, 0.2) is 36.4 Å². The van der Waals surface area contributed by atoms with Gasteiger partial charge in [0.25, 0.3) is 5.91 Å². The number of hydrogen-bond acceptors (Lipinski definition) is 2. The van der Waals surface area contributed by atoms with Crippen molar-refractivity contribution in [2.45, 2.75) is 19.6 Å². The van der Waals surface area contributed by atoms with Crippen molar-refractivity contribution in [1.29, 1.82) is 0 Å². The molecule has 1 N–H and O–H groups in total. The van der Waals surface area contributed by atoms with E-state index in [4.69, 9.17) is 16.3 Å². The number of carbonyl (C=O) groups is 1. The van der Waals surface area contributed by atoms with E-state index < -0.39 is 11.5 Å². The van der Waals surface area contributed by atoms with Gasteiger partial charge in [-0.15, -0.1) is 0 Å². The fourth-order valence-electron chi connectivity index (χ4n) is 2.43. The second-order valence-electron chi connectivity index (χ2n) is 5.21. The Labute approximate surface area is 126 Å². The first kappa shape index (κ1) is 13.9. The first-order valence-corrected chi connectivity index (χ1v) is 6.84. The fraction of sp³-hybridized carbons (Fsp3) is 0.188. The predicted octanol–water partition coefficient (Wildman–Crippen LogP) is 3.78. The molecule has 2 aromatic carbocycles. The maximum Gasteiger partial charge on any atom is 0.258 e. The van der Waals surface area contributed by atoms with E-state index in [0.29, 0.717) is 16.3 Å². The summed E-state index contributed by atoms with van der Waals surface area (Å²) in [6.45, 7) is 3.48. The number of benzene rings is 2. The molecular weight excluding hydrogens is 293 g/mol. The van der Waals surface area contributed by atoms with Crippen LogP contribution in [-0.2, 0) is 5.72 Å². The summed E-state index contributed by atoms with van der Waals surface area (Å²) < 4.78 is 20.0. The number of aryl methyl sites for hydroxylation is 1. The van der Waals surface area contributed by atoms with E-state index in [1.165, 1.54) is 12.1 Å². The average molecular weight is 306 g/mol. The van der Waals surface area contributed by atoms with Gasteiger partial charge in [-0.1, -0.05) is 23.2 Å². The smallest absolute Gasteiger partial charge is 0.258 e. The average Bonchev–Trinajstić information content (AvgIpc) is 2.42. The molecule has 1 unspecified atom stereocenters. The standard InChI is InChI=1S/C16H13ClFNO2/c1-9-3-5-13(18)12(7-9)16(2)19-15(20)11-8-10(17)4-6-14(11)21-16/h3-8H,1-2H3,(H,19,20). The molecule has 21 heavy (non-hydrogen) atoms. The molecular formula is C16H13ClFNO2. The number of carbonyl (C=O) groups excluding carboxylic acids is 1. The fourth-order valence-corrected chi connectivity index (χ4v) is 2.60. The zero-order valence-electron chi connectivity index (χ0n) is 11.5. The minimum atomic E-state index is -1.26. The van der Waals surface area contributed by atoms with Crippen molar-refractivity contribution in [3.8, 4) is 5.75 Å². The third-order valence-corrected chi connectivity index (χ3v) is 3.72. The van der Waals surface area contributed by atoms with Gasteiger partial charge < -0.3 is 10.1 Å². The molecule has 108 valence electrons. The van der Waals surface area contributed by atoms with Crippen molar-refractivity contribution < 1.29 is 13.9 Å². The molecule has 0 fully saturated rings. The molecule has 3 rings (SSSR count). The van der Waals surface area contributed by atoms with Gasteiger partial charge in [-0.25, -0.2) is 4.39 Å². The lowest BCUT2D eigenvalue weighted by Crippen LogP contribution is -2.51. The summed E-state index contributed by atoms with van der Waals surface area (Å²) in [5.74, 6) is -0.394. The van der Waals surface area contributed by atoms with Crippen molar-refractivity contribution in [2.75, 3.05) is 0 Å². The van der Waals surface area contributed by atoms with E-state index in [1.807, 2.05) is 6.92 Å². The van der Waals surface area contributed by atoms with Gasteiger partial charge in [0.05, 0.1) is 11.1 Å². The van der Waals surface area contributed by atoms with Gasteiger partial charge >= 0.3 is 0 Å². The molecule has 2 aromatic rings. The maximum absolute atomic E-state index is 14.1. The summed E-state index contributed by atoms with van der Waals surface area (Å²) in [6, 6.07) is 9.46. The second kappa shape index (κ2) is 4.74. The molecule has 0 radical (unpaired) electrons. The largest absolute Gasteiger partial charge is 0.463 e. The van der Waals surface area contributed by atoms with E-state index in [-0.39, 0.29) is 11.5 Å². The third kappa shape index (κ3) is 2.36. The molecule has 1 aliphatic heterocycles. The molecule has 0 spiro atoms. The molecule has 0 bridgehead atoms. The summed E-state index contributed by atoms with van der Waals surface area (Å²) in [4.78, 5) is 12.3. The van der Waals surface area contributed by atoms with Crippen LogP contribution in [0.3, 0.4) is 0 Å². The number of rotatable bonds is 1. The second-order valence-corrected chi connectivity index (χ2v) is 5.65. The van der Waals surface area contributed by atoms with Crippen LogP contribution in [-0.4, -0.2) is 5.91 Å². The quantitative estimate of drug-likeness (QED) is 0.870.